The van der Waals surface area contributed by atoms with E-state index in [1.807, 2.05) is 0 Å². The molecule has 1 fully saturated rings. The normalized spacial score (nSPS) is 22.9. The van der Waals surface area contributed by atoms with Crippen LogP contribution in [0.2, 0.25) is 0 Å². The first kappa shape index (κ1) is 15.8. The largest absolute Gasteiger partial charge is 0.393 e. The Bertz CT molecular complexity index is 522. The number of carbonyl (C=O) groups excluding carboxylic acids is 1. The van der Waals surface area contributed by atoms with Crippen molar-refractivity contribution in [1.29, 1.82) is 0 Å². The van der Waals surface area contributed by atoms with E-state index < -0.39 is 29.9 Å². The van der Waals surface area contributed by atoms with Gasteiger partial charge in [-0.25, -0.2) is 4.39 Å². The van der Waals surface area contributed by atoms with Crippen molar-refractivity contribution in [3.05, 3.63) is 29.6 Å². The van der Waals surface area contributed by atoms with E-state index in [0.29, 0.717) is 11.3 Å². The average molecular weight is 304 g/mol. The Hall–Kier alpha value is -1.63. The second kappa shape index (κ2) is 6.01. The molecule has 1 aliphatic rings. The number of hydrogen-bond donors (Lipinski definition) is 2. The van der Waals surface area contributed by atoms with Crippen molar-refractivity contribution in [2.24, 2.45) is 5.92 Å². The van der Waals surface area contributed by atoms with Crippen molar-refractivity contribution in [3.8, 4) is 0 Å². The highest BCUT2D eigenvalue weighted by Crippen LogP contribution is 2.32. The molecule has 0 aliphatic carbocycles. The zero-order valence-electron chi connectivity index (χ0n) is 11.4. The van der Waals surface area contributed by atoms with Crippen molar-refractivity contribution in [3.63, 3.8) is 0 Å². The quantitative estimate of drug-likeness (QED) is 0.825. The molecule has 2 N–H and O–H groups in total. The van der Waals surface area contributed by atoms with Gasteiger partial charge in [-0.3, -0.25) is 4.79 Å². The molecule has 2 atom stereocenters. The van der Waals surface area contributed by atoms with E-state index in [1.165, 1.54) is 12.1 Å². The highest BCUT2D eigenvalue weighted by molar-refractivity contribution is 5.94. The zero-order chi connectivity index (χ0) is 15.6. The van der Waals surface area contributed by atoms with Crippen molar-refractivity contribution in [2.45, 2.75) is 32.0 Å². The zero-order valence-corrected chi connectivity index (χ0v) is 11.4. The van der Waals surface area contributed by atoms with Crippen molar-refractivity contribution in [2.75, 3.05) is 11.9 Å². The molecule has 1 saturated heterocycles. The van der Waals surface area contributed by atoms with Crippen LogP contribution in [0.15, 0.2) is 18.2 Å². The molecular formula is C14H16F4N2O. The summed E-state index contributed by atoms with van der Waals surface area (Å²) in [5, 5.41) is 5.11. The third-order valence-corrected chi connectivity index (χ3v) is 3.63. The van der Waals surface area contributed by atoms with Gasteiger partial charge < -0.3 is 10.6 Å². The first-order chi connectivity index (χ1) is 9.77. The van der Waals surface area contributed by atoms with Crippen LogP contribution in [-0.4, -0.2) is 24.7 Å². The van der Waals surface area contributed by atoms with Gasteiger partial charge in [0.15, 0.2) is 0 Å². The van der Waals surface area contributed by atoms with Crippen LogP contribution in [0.5, 0.6) is 0 Å². The molecule has 0 spiro atoms. The van der Waals surface area contributed by atoms with Crippen molar-refractivity contribution in [1.82, 2.24) is 5.32 Å². The molecule has 0 aromatic heterocycles. The smallest absolute Gasteiger partial charge is 0.325 e. The van der Waals surface area contributed by atoms with E-state index in [2.05, 4.69) is 10.6 Å². The summed E-state index contributed by atoms with van der Waals surface area (Å²) in [6.45, 7) is 1.32. The van der Waals surface area contributed by atoms with Gasteiger partial charge in [-0.15, -0.1) is 0 Å². The van der Waals surface area contributed by atoms with Crippen LogP contribution in [0.1, 0.15) is 18.4 Å². The van der Waals surface area contributed by atoms with Crippen molar-refractivity contribution < 1.29 is 22.4 Å². The number of benzene rings is 1. The lowest BCUT2D eigenvalue weighted by molar-refractivity contribution is -0.180. The number of nitrogens with one attached hydrogen (secondary N) is 2. The molecule has 3 nitrogen and oxygen atoms in total. The molecule has 2 rings (SSSR count). The number of anilines is 1. The highest BCUT2D eigenvalue weighted by Gasteiger charge is 2.42. The third-order valence-electron chi connectivity index (χ3n) is 3.63. The van der Waals surface area contributed by atoms with Crippen LogP contribution in [-0.2, 0) is 4.79 Å². The number of carbonyl (C=O) groups is 1. The first-order valence-electron chi connectivity index (χ1n) is 6.64. The molecule has 1 aromatic rings. The number of halogens is 4. The van der Waals surface area contributed by atoms with Gasteiger partial charge in [-0.05, 0) is 37.5 Å². The molecule has 0 radical (unpaired) electrons. The Morgan fingerprint density at radius 3 is 2.57 bits per heavy atom. The summed E-state index contributed by atoms with van der Waals surface area (Å²) in [4.78, 5) is 11.9. The second-order valence-electron chi connectivity index (χ2n) is 5.23. The number of aryl methyl sites for hydroxylation is 1. The van der Waals surface area contributed by atoms with Crippen LogP contribution in [0.4, 0.5) is 23.2 Å². The predicted octanol–water partition coefficient (Wildman–Crippen LogP) is 3.00. The van der Waals surface area contributed by atoms with Gasteiger partial charge in [0.25, 0.3) is 0 Å². The Morgan fingerprint density at radius 2 is 2.05 bits per heavy atom. The minimum Gasteiger partial charge on any atom is -0.325 e. The summed E-state index contributed by atoms with van der Waals surface area (Å²) in [7, 11) is 0. The van der Waals surface area contributed by atoms with E-state index in [0.717, 1.165) is 0 Å². The van der Waals surface area contributed by atoms with Gasteiger partial charge in [0.05, 0.1) is 12.0 Å². The molecular weight excluding hydrogens is 288 g/mol. The van der Waals surface area contributed by atoms with Gasteiger partial charge in [0.1, 0.15) is 5.82 Å². The van der Waals surface area contributed by atoms with E-state index in [4.69, 9.17) is 0 Å². The minimum atomic E-state index is -4.24. The number of hydrogen-bond acceptors (Lipinski definition) is 2. The summed E-state index contributed by atoms with van der Waals surface area (Å²) >= 11 is 0. The van der Waals surface area contributed by atoms with Gasteiger partial charge in [0.2, 0.25) is 5.91 Å². The van der Waals surface area contributed by atoms with Crippen LogP contribution in [0, 0.1) is 18.7 Å². The molecule has 116 valence electrons. The highest BCUT2D eigenvalue weighted by atomic mass is 19.4. The number of rotatable bonds is 2. The lowest BCUT2D eigenvalue weighted by Crippen LogP contribution is -2.49. The van der Waals surface area contributed by atoms with Gasteiger partial charge in [-0.1, -0.05) is 6.07 Å². The topological polar surface area (TPSA) is 41.1 Å². The summed E-state index contributed by atoms with van der Waals surface area (Å²) in [5.74, 6) is -2.31. The van der Waals surface area contributed by atoms with E-state index in [-0.39, 0.29) is 19.4 Å². The fourth-order valence-corrected chi connectivity index (χ4v) is 2.26. The molecule has 0 saturated carbocycles. The maximum atomic E-state index is 13.4. The minimum absolute atomic E-state index is 0.0865. The first-order valence-corrected chi connectivity index (χ1v) is 6.64. The summed E-state index contributed by atoms with van der Waals surface area (Å²) in [6.07, 6.45) is -4.23. The van der Waals surface area contributed by atoms with Gasteiger partial charge in [0, 0.05) is 12.2 Å². The van der Waals surface area contributed by atoms with Crippen molar-refractivity contribution >= 4 is 11.6 Å². The lowest BCUT2D eigenvalue weighted by Gasteiger charge is -2.30. The molecule has 1 aromatic carbocycles. The third kappa shape index (κ3) is 3.93. The summed E-state index contributed by atoms with van der Waals surface area (Å²) in [6, 6.07) is 3.58. The van der Waals surface area contributed by atoms with Crippen LogP contribution in [0.25, 0.3) is 0 Å². The molecule has 7 heteroatoms. The summed E-state index contributed by atoms with van der Waals surface area (Å²) in [5.41, 5.74) is 0.750. The van der Waals surface area contributed by atoms with E-state index in [1.54, 1.807) is 13.0 Å². The fourth-order valence-electron chi connectivity index (χ4n) is 2.26. The lowest BCUT2D eigenvalue weighted by atomic mass is 9.94. The van der Waals surface area contributed by atoms with Crippen LogP contribution >= 0.6 is 0 Å². The molecule has 1 heterocycles. The summed E-state index contributed by atoms with van der Waals surface area (Å²) < 4.78 is 50.9. The Morgan fingerprint density at radius 1 is 1.33 bits per heavy atom. The molecule has 1 amide bonds. The van der Waals surface area contributed by atoms with E-state index >= 15 is 0 Å². The number of amides is 1. The second-order valence-corrected chi connectivity index (χ2v) is 5.23. The fraction of sp³-hybridized carbons (Fsp3) is 0.500. The Balaban J connectivity index is 1.92. The van der Waals surface area contributed by atoms with E-state index in [9.17, 15) is 22.4 Å². The van der Waals surface area contributed by atoms with Gasteiger partial charge in [-0.2, -0.15) is 13.2 Å². The monoisotopic (exact) mass is 304 g/mol. The van der Waals surface area contributed by atoms with Crippen LogP contribution < -0.4 is 10.6 Å². The van der Waals surface area contributed by atoms with Crippen LogP contribution in [0.3, 0.4) is 0 Å². The molecule has 1 aliphatic heterocycles. The SMILES string of the molecule is Cc1ccc(NC(=O)C2CCC(C(F)(F)F)CN2)cc1F. The Labute approximate surface area is 119 Å². The molecule has 2 unspecified atom stereocenters. The average Bonchev–Trinajstić information content (AvgIpc) is 2.42. The Kier molecular flexibility index (Phi) is 4.51. The number of alkyl halides is 3. The standard InChI is InChI=1S/C14H16F4N2O/c1-8-2-4-10(6-11(8)15)20-13(21)12-5-3-9(7-19-12)14(16,17)18/h2,4,6,9,12,19H,3,5,7H2,1H3,(H,20,21). The maximum Gasteiger partial charge on any atom is 0.393 e. The predicted molar refractivity (Wildman–Crippen MR) is 70.3 cm³/mol. The van der Waals surface area contributed by atoms with Gasteiger partial charge >= 0.3 is 6.18 Å². The molecule has 0 bridgehead atoms. The number of piperidine rings is 1. The molecule has 21 heavy (non-hydrogen) atoms. The maximum absolute atomic E-state index is 13.4.